The molecule has 0 saturated carbocycles. The maximum absolute atomic E-state index is 10.00. The quantitative estimate of drug-likeness (QED) is 0.413. The minimum Gasteiger partial charge on any atom is -0.264 e. The van der Waals surface area contributed by atoms with Crippen molar-refractivity contribution in [2.24, 2.45) is 0 Å². The molecule has 0 bridgehead atoms. The molecule has 0 aromatic carbocycles. The molecule has 0 heterocycles. The van der Waals surface area contributed by atoms with Gasteiger partial charge in [-0.25, -0.2) is 4.18 Å². The minimum atomic E-state index is -4.21. The Morgan fingerprint density at radius 3 is 2.25 bits per heavy atom. The Balaban J connectivity index is 0. The maximum Gasteiger partial charge on any atom is 0.397 e. The van der Waals surface area contributed by atoms with E-state index in [9.17, 15) is 8.42 Å². The summed E-state index contributed by atoms with van der Waals surface area (Å²) in [5.74, 6) is 0. The molecule has 0 spiro atoms. The Kier molecular flexibility index (Phi) is 12.1. The molecule has 0 aromatic heterocycles. The van der Waals surface area contributed by atoms with Crippen molar-refractivity contribution in [2.45, 2.75) is 32.6 Å². The van der Waals surface area contributed by atoms with Crippen LogP contribution >= 0.6 is 0 Å². The van der Waals surface area contributed by atoms with Crippen molar-refractivity contribution in [3.8, 4) is 0 Å². The van der Waals surface area contributed by atoms with Gasteiger partial charge in [-0.1, -0.05) is 26.2 Å². The normalized spacial score (nSPS) is 10.8. The monoisotopic (exact) mass is 221 g/mol. The van der Waals surface area contributed by atoms with Crippen LogP contribution in [0.3, 0.4) is 0 Å². The fraction of sp³-hybridized carbons (Fsp3) is 1.00. The second kappa shape index (κ2) is 9.08. The number of hydrogen-bond donors (Lipinski definition) is 1. The van der Waals surface area contributed by atoms with Gasteiger partial charge in [0.1, 0.15) is 0 Å². The van der Waals surface area contributed by atoms with Crippen molar-refractivity contribution in [3.05, 3.63) is 0 Å². The van der Waals surface area contributed by atoms with Gasteiger partial charge in [-0.15, -0.1) is 0 Å². The summed E-state index contributed by atoms with van der Waals surface area (Å²) in [6, 6.07) is 0. The van der Waals surface area contributed by atoms with Gasteiger partial charge >= 0.3 is 10.4 Å². The topological polar surface area (TPSA) is 63.6 Å². The van der Waals surface area contributed by atoms with Crippen LogP contribution in [0.2, 0.25) is 0 Å². The third-order valence-electron chi connectivity index (χ3n) is 1.23. The van der Waals surface area contributed by atoms with E-state index in [0.29, 0.717) is 6.42 Å². The van der Waals surface area contributed by atoms with Gasteiger partial charge in [0.15, 0.2) is 0 Å². The molecule has 4 nitrogen and oxygen atoms in total. The van der Waals surface area contributed by atoms with Gasteiger partial charge in [-0.05, 0) is 6.42 Å². The second-order valence-corrected chi connectivity index (χ2v) is 3.40. The smallest absolute Gasteiger partial charge is 0.264 e. The standard InChI is InChI=1S/C6H14O4S.K/c1-2-3-4-5-6-10-11(7,8)9;/h2-6H2,1H3,(H,7,8,9);. The molecule has 1 radical (unpaired) electrons. The number of hydrogen-bond acceptors (Lipinski definition) is 3. The first-order chi connectivity index (χ1) is 5.06. The van der Waals surface area contributed by atoms with E-state index in [0.717, 1.165) is 19.3 Å². The molecule has 0 atom stereocenters. The van der Waals surface area contributed by atoms with Gasteiger partial charge in [0.05, 0.1) is 6.61 Å². The summed E-state index contributed by atoms with van der Waals surface area (Å²) in [5, 5.41) is 0. The van der Waals surface area contributed by atoms with Crippen molar-refractivity contribution < 1.29 is 17.2 Å². The Labute approximate surface area is 116 Å². The molecule has 0 fully saturated rings. The van der Waals surface area contributed by atoms with Gasteiger partial charge in [-0.2, -0.15) is 8.42 Å². The van der Waals surface area contributed by atoms with E-state index in [1.54, 1.807) is 0 Å². The average molecular weight is 221 g/mol. The molecule has 0 saturated heterocycles. The molecule has 0 aliphatic rings. The maximum atomic E-state index is 10.00. The first kappa shape index (κ1) is 16.0. The van der Waals surface area contributed by atoms with Crippen molar-refractivity contribution in [1.82, 2.24) is 0 Å². The van der Waals surface area contributed by atoms with Crippen LogP contribution in [0, 0.1) is 0 Å². The summed E-state index contributed by atoms with van der Waals surface area (Å²) in [7, 11) is -4.21. The van der Waals surface area contributed by atoms with Gasteiger partial charge in [0, 0.05) is 51.4 Å². The van der Waals surface area contributed by atoms with E-state index in [-0.39, 0.29) is 58.0 Å². The Hall–Kier alpha value is 1.51. The third-order valence-corrected chi connectivity index (χ3v) is 1.69. The van der Waals surface area contributed by atoms with Crippen LogP contribution in [-0.2, 0) is 14.6 Å². The van der Waals surface area contributed by atoms with Crippen molar-refractivity contribution in [3.63, 3.8) is 0 Å². The SMILES string of the molecule is CCCCCCOS(=O)(=O)O.[K]. The van der Waals surface area contributed by atoms with Crippen LogP contribution < -0.4 is 0 Å². The molecule has 12 heavy (non-hydrogen) atoms. The summed E-state index contributed by atoms with van der Waals surface area (Å²) in [6.07, 6.45) is 3.76. The molecule has 0 rings (SSSR count). The van der Waals surface area contributed by atoms with Crippen LogP contribution in [0.4, 0.5) is 0 Å². The molecule has 1 N–H and O–H groups in total. The van der Waals surface area contributed by atoms with Gasteiger partial charge in [0.25, 0.3) is 0 Å². The molecular weight excluding hydrogens is 207 g/mol. The van der Waals surface area contributed by atoms with Crippen LogP contribution in [0.15, 0.2) is 0 Å². The van der Waals surface area contributed by atoms with Gasteiger partial charge in [0.2, 0.25) is 0 Å². The average Bonchev–Trinajstić information content (AvgIpc) is 1.85. The Morgan fingerprint density at radius 1 is 1.25 bits per heavy atom. The molecule has 69 valence electrons. The van der Waals surface area contributed by atoms with Crippen LogP contribution in [0.25, 0.3) is 0 Å². The molecule has 0 aliphatic carbocycles. The van der Waals surface area contributed by atoms with Crippen molar-refractivity contribution >= 4 is 61.8 Å². The largest absolute Gasteiger partial charge is 0.397 e. The predicted octanol–water partition coefficient (Wildman–Crippen LogP) is 1.01. The summed E-state index contributed by atoms with van der Waals surface area (Å²) in [4.78, 5) is 0. The van der Waals surface area contributed by atoms with E-state index in [2.05, 4.69) is 11.1 Å². The predicted molar refractivity (Wildman–Crippen MR) is 47.4 cm³/mol. The summed E-state index contributed by atoms with van der Waals surface area (Å²) < 4.78 is 32.2. The Morgan fingerprint density at radius 2 is 1.83 bits per heavy atom. The fourth-order valence-electron chi connectivity index (χ4n) is 0.693. The molecule has 0 aromatic rings. The molecular formula is C6H14KO4S. The summed E-state index contributed by atoms with van der Waals surface area (Å²) in [5.41, 5.74) is 0. The van der Waals surface area contributed by atoms with E-state index >= 15 is 0 Å². The second-order valence-electron chi connectivity index (χ2n) is 2.31. The van der Waals surface area contributed by atoms with Crippen LogP contribution in [0.1, 0.15) is 32.6 Å². The van der Waals surface area contributed by atoms with Crippen LogP contribution in [-0.4, -0.2) is 71.0 Å². The molecule has 0 aliphatic heterocycles. The molecule has 0 unspecified atom stereocenters. The molecule has 0 amide bonds. The van der Waals surface area contributed by atoms with Crippen molar-refractivity contribution in [1.29, 1.82) is 0 Å². The van der Waals surface area contributed by atoms with Gasteiger partial charge < -0.3 is 0 Å². The van der Waals surface area contributed by atoms with E-state index in [4.69, 9.17) is 4.55 Å². The zero-order valence-electron chi connectivity index (χ0n) is 7.62. The Bertz CT molecular complexity index is 178. The van der Waals surface area contributed by atoms with E-state index < -0.39 is 10.4 Å². The number of unbranched alkanes of at least 4 members (excludes halogenated alkanes) is 3. The van der Waals surface area contributed by atoms with Crippen LogP contribution in [0.5, 0.6) is 0 Å². The zero-order chi connectivity index (χ0) is 8.74. The van der Waals surface area contributed by atoms with Crippen molar-refractivity contribution in [2.75, 3.05) is 6.61 Å². The third kappa shape index (κ3) is 14.1. The first-order valence-electron chi connectivity index (χ1n) is 3.68. The fourth-order valence-corrected chi connectivity index (χ4v) is 1.02. The first-order valence-corrected chi connectivity index (χ1v) is 5.04. The van der Waals surface area contributed by atoms with E-state index in [1.165, 1.54) is 0 Å². The summed E-state index contributed by atoms with van der Waals surface area (Å²) in [6.45, 7) is 2.14. The van der Waals surface area contributed by atoms with E-state index in [1.807, 2.05) is 0 Å². The summed E-state index contributed by atoms with van der Waals surface area (Å²) >= 11 is 0. The molecule has 6 heteroatoms. The minimum absolute atomic E-state index is 0. The van der Waals surface area contributed by atoms with Gasteiger partial charge in [-0.3, -0.25) is 4.55 Å². The zero-order valence-corrected chi connectivity index (χ0v) is 11.6. The number of rotatable bonds is 6.